The lowest BCUT2D eigenvalue weighted by Crippen LogP contribution is -2.68. The van der Waals surface area contributed by atoms with Gasteiger partial charge in [0.15, 0.2) is 0 Å². The van der Waals surface area contributed by atoms with Crippen molar-refractivity contribution < 1.29 is 0 Å². The Bertz CT molecular complexity index is 1040. The molecule has 7 nitrogen and oxygen atoms in total. The predicted molar refractivity (Wildman–Crippen MR) is 117 cm³/mol. The summed E-state index contributed by atoms with van der Waals surface area (Å²) in [5, 5.41) is 17.2. The molecule has 4 aliphatic heterocycles. The first-order chi connectivity index (χ1) is 14.6. The van der Waals surface area contributed by atoms with Crippen LogP contribution in [0.15, 0.2) is 42.7 Å². The maximum atomic E-state index is 4.71. The molecule has 0 amide bonds. The topological polar surface area (TPSA) is 61.6 Å². The van der Waals surface area contributed by atoms with Crippen molar-refractivity contribution in [3.63, 3.8) is 0 Å². The van der Waals surface area contributed by atoms with Crippen LogP contribution in [-0.4, -0.2) is 74.9 Å². The molecular weight excluding hydrogens is 374 g/mol. The zero-order valence-electron chi connectivity index (χ0n) is 17.7. The van der Waals surface area contributed by atoms with Gasteiger partial charge in [-0.15, -0.1) is 10.2 Å². The summed E-state index contributed by atoms with van der Waals surface area (Å²) in [4.78, 5) is 5.36. The molecule has 7 rings (SSSR count). The van der Waals surface area contributed by atoms with Crippen LogP contribution in [0.4, 0.5) is 5.69 Å². The Hall–Kier alpha value is -2.51. The van der Waals surface area contributed by atoms with Crippen LogP contribution in [-0.2, 0) is 5.41 Å². The average molecular weight is 404 g/mol. The number of nitrogens with zero attached hydrogens (tertiary/aromatic N) is 6. The Labute approximate surface area is 177 Å². The minimum Gasteiger partial charge on any atom is -0.378 e. The maximum Gasteiger partial charge on any atom is 0.200 e. The molecule has 4 bridgehead atoms. The van der Waals surface area contributed by atoms with Crippen LogP contribution in [0.1, 0.15) is 31.0 Å². The van der Waals surface area contributed by atoms with Gasteiger partial charge in [0, 0.05) is 56.6 Å². The quantitative estimate of drug-likeness (QED) is 0.721. The normalized spacial score (nSPS) is 32.6. The number of anilines is 1. The Kier molecular flexibility index (Phi) is 4.11. The van der Waals surface area contributed by atoms with Gasteiger partial charge in [-0.05, 0) is 17.5 Å². The summed E-state index contributed by atoms with van der Waals surface area (Å²) in [7, 11) is 0. The van der Waals surface area contributed by atoms with Gasteiger partial charge in [0.05, 0.1) is 11.4 Å². The van der Waals surface area contributed by atoms with Gasteiger partial charge < -0.3 is 15.1 Å². The zero-order chi connectivity index (χ0) is 20.3. The number of hydrogen-bond acceptors (Lipinski definition) is 6. The van der Waals surface area contributed by atoms with E-state index < -0.39 is 0 Å². The van der Waals surface area contributed by atoms with Crippen LogP contribution < -0.4 is 5.32 Å². The van der Waals surface area contributed by atoms with E-state index in [4.69, 9.17) is 5.10 Å². The van der Waals surface area contributed by atoms with Gasteiger partial charge >= 0.3 is 0 Å². The van der Waals surface area contributed by atoms with Crippen molar-refractivity contribution in [3.8, 4) is 0 Å². The minimum atomic E-state index is 0.0667. The molecule has 4 saturated heterocycles. The van der Waals surface area contributed by atoms with E-state index in [0.29, 0.717) is 17.9 Å². The number of nitrogens with one attached hydrogen (secondary N) is 1. The van der Waals surface area contributed by atoms with Gasteiger partial charge in [-0.3, -0.25) is 0 Å². The summed E-state index contributed by atoms with van der Waals surface area (Å²) in [6.45, 7) is 11.3. The Morgan fingerprint density at radius 2 is 1.80 bits per heavy atom. The Balaban J connectivity index is 1.47. The zero-order valence-corrected chi connectivity index (χ0v) is 17.7. The van der Waals surface area contributed by atoms with Crippen LogP contribution in [0.5, 0.6) is 0 Å². The molecule has 4 fully saturated rings. The fourth-order valence-electron chi connectivity index (χ4n) is 5.97. The van der Waals surface area contributed by atoms with Crippen molar-refractivity contribution in [2.45, 2.75) is 31.2 Å². The van der Waals surface area contributed by atoms with Gasteiger partial charge in [0.25, 0.3) is 0 Å². The second-order valence-corrected chi connectivity index (χ2v) is 9.61. The van der Waals surface area contributed by atoms with Crippen molar-refractivity contribution >= 4 is 11.3 Å². The van der Waals surface area contributed by atoms with Crippen LogP contribution in [0.25, 0.3) is 5.65 Å². The molecule has 0 spiro atoms. The molecule has 0 aliphatic carbocycles. The monoisotopic (exact) mass is 403 g/mol. The summed E-state index contributed by atoms with van der Waals surface area (Å²) < 4.78 is 1.82. The first-order valence-corrected chi connectivity index (χ1v) is 11.1. The highest BCUT2D eigenvalue weighted by molar-refractivity contribution is 5.68. The van der Waals surface area contributed by atoms with E-state index in [1.54, 1.807) is 6.33 Å². The van der Waals surface area contributed by atoms with E-state index >= 15 is 0 Å². The standard InChI is InChI=1S/C23H29N7/c1-16(2)19-10-20(22-26-24-15-30(22)27-19)25-21-17-11-28-8-9-29(12-17)14-23(21,13-28)18-6-4-3-5-7-18/h3-7,10,15-17,21,25H,8-9,11-14H2,1-2H3. The summed E-state index contributed by atoms with van der Waals surface area (Å²) in [6.07, 6.45) is 1.71. The molecule has 156 valence electrons. The molecule has 3 atom stereocenters. The lowest BCUT2D eigenvalue weighted by Gasteiger charge is -2.56. The minimum absolute atomic E-state index is 0.0667. The van der Waals surface area contributed by atoms with Crippen LogP contribution in [0.3, 0.4) is 0 Å². The molecule has 30 heavy (non-hydrogen) atoms. The lowest BCUT2D eigenvalue weighted by molar-refractivity contribution is 0.0439. The highest BCUT2D eigenvalue weighted by Crippen LogP contribution is 2.44. The molecule has 1 N–H and O–H groups in total. The van der Waals surface area contributed by atoms with Gasteiger partial charge in [-0.1, -0.05) is 44.2 Å². The summed E-state index contributed by atoms with van der Waals surface area (Å²) in [5.74, 6) is 0.924. The number of hydrogen-bond donors (Lipinski definition) is 1. The third-order valence-corrected chi connectivity index (χ3v) is 7.33. The van der Waals surface area contributed by atoms with Crippen molar-refractivity contribution in [2.75, 3.05) is 44.6 Å². The third kappa shape index (κ3) is 2.76. The molecule has 0 saturated carbocycles. The molecule has 6 heterocycles. The van der Waals surface area contributed by atoms with Gasteiger partial charge in [-0.2, -0.15) is 9.61 Å². The fourth-order valence-corrected chi connectivity index (χ4v) is 5.97. The van der Waals surface area contributed by atoms with E-state index in [9.17, 15) is 0 Å². The lowest BCUT2D eigenvalue weighted by atomic mass is 9.64. The molecule has 2 aromatic heterocycles. The predicted octanol–water partition coefficient (Wildman–Crippen LogP) is 2.23. The van der Waals surface area contributed by atoms with E-state index in [1.807, 2.05) is 4.52 Å². The van der Waals surface area contributed by atoms with Crippen LogP contribution >= 0.6 is 0 Å². The van der Waals surface area contributed by atoms with E-state index in [2.05, 4.69) is 75.6 Å². The second-order valence-electron chi connectivity index (χ2n) is 9.61. The van der Waals surface area contributed by atoms with Crippen molar-refractivity contribution in [3.05, 3.63) is 54.0 Å². The largest absolute Gasteiger partial charge is 0.378 e. The molecule has 3 unspecified atom stereocenters. The first kappa shape index (κ1) is 18.3. The summed E-state index contributed by atoms with van der Waals surface area (Å²) in [6, 6.07) is 13.7. The highest BCUT2D eigenvalue weighted by atomic mass is 15.4. The fraction of sp³-hybridized carbons (Fsp3) is 0.522. The number of rotatable bonds is 4. The molecule has 4 aliphatic rings. The van der Waals surface area contributed by atoms with Gasteiger partial charge in [-0.25, -0.2) is 0 Å². The molecule has 3 aromatic rings. The van der Waals surface area contributed by atoms with E-state index in [1.165, 1.54) is 18.7 Å². The Morgan fingerprint density at radius 3 is 2.50 bits per heavy atom. The third-order valence-electron chi connectivity index (χ3n) is 7.33. The number of piperidine rings is 2. The van der Waals surface area contributed by atoms with E-state index in [-0.39, 0.29) is 5.41 Å². The molecule has 1 aromatic carbocycles. The maximum absolute atomic E-state index is 4.71. The second kappa shape index (κ2) is 6.75. The van der Waals surface area contributed by atoms with Crippen LogP contribution in [0.2, 0.25) is 0 Å². The molecular formula is C23H29N7. The summed E-state index contributed by atoms with van der Waals surface area (Å²) >= 11 is 0. The number of benzene rings is 1. The SMILES string of the molecule is CC(C)c1cc(NC2C3CN4CCN(C3)CC2(c2ccccc2)C4)c2nncn2n1. The molecule has 0 radical (unpaired) electrons. The molecule has 7 heteroatoms. The van der Waals surface area contributed by atoms with Crippen molar-refractivity contribution in [1.29, 1.82) is 0 Å². The summed E-state index contributed by atoms with van der Waals surface area (Å²) in [5.41, 5.74) is 4.45. The van der Waals surface area contributed by atoms with E-state index in [0.717, 1.165) is 43.2 Å². The average Bonchev–Trinajstić information content (AvgIpc) is 3.09. The number of aromatic nitrogens is 4. The number of fused-ring (bicyclic) bond motifs is 2. The van der Waals surface area contributed by atoms with Gasteiger partial charge in [0.1, 0.15) is 6.33 Å². The first-order valence-electron chi connectivity index (χ1n) is 11.1. The smallest absolute Gasteiger partial charge is 0.200 e. The highest BCUT2D eigenvalue weighted by Gasteiger charge is 2.55. The van der Waals surface area contributed by atoms with Crippen molar-refractivity contribution in [1.82, 2.24) is 29.6 Å². The Morgan fingerprint density at radius 1 is 1.07 bits per heavy atom. The van der Waals surface area contributed by atoms with Gasteiger partial charge in [0.2, 0.25) is 5.65 Å². The van der Waals surface area contributed by atoms with Crippen molar-refractivity contribution in [2.24, 2.45) is 5.92 Å². The van der Waals surface area contributed by atoms with Crippen LogP contribution in [0, 0.1) is 5.92 Å².